The summed E-state index contributed by atoms with van der Waals surface area (Å²) in [6, 6.07) is 8.96. The zero-order valence-electron chi connectivity index (χ0n) is 13.7. The maximum atomic E-state index is 12.8. The minimum atomic E-state index is -0.0255. The molecule has 4 rings (SSSR count). The summed E-state index contributed by atoms with van der Waals surface area (Å²) in [5.41, 5.74) is 1.40. The number of benzene rings is 1. The van der Waals surface area contributed by atoms with Gasteiger partial charge in [0.2, 0.25) is 5.91 Å². The van der Waals surface area contributed by atoms with E-state index in [1.807, 2.05) is 11.3 Å². The van der Waals surface area contributed by atoms with Crippen LogP contribution >= 0.6 is 11.3 Å². The molecule has 1 fully saturated rings. The summed E-state index contributed by atoms with van der Waals surface area (Å²) in [6.45, 7) is 0.886. The first-order chi connectivity index (χ1) is 11.2. The molecule has 0 saturated heterocycles. The average molecular weight is 328 g/mol. The zero-order valence-corrected chi connectivity index (χ0v) is 14.5. The van der Waals surface area contributed by atoms with E-state index >= 15 is 0 Å². The molecule has 1 aromatic heterocycles. The van der Waals surface area contributed by atoms with Crippen molar-refractivity contribution in [3.8, 4) is 0 Å². The molecule has 2 aromatic rings. The Morgan fingerprint density at radius 3 is 2.83 bits per heavy atom. The lowest BCUT2D eigenvalue weighted by atomic mass is 9.93. The van der Waals surface area contributed by atoms with E-state index in [-0.39, 0.29) is 11.9 Å². The lowest BCUT2D eigenvalue weighted by molar-refractivity contribution is -0.127. The van der Waals surface area contributed by atoms with Gasteiger partial charge in [-0.25, -0.2) is 0 Å². The largest absolute Gasteiger partial charge is 0.352 e. The molecule has 0 unspecified atom stereocenters. The SMILES string of the molecule is CN1Cc2sc3ccccc3c2C[C@@H]1C(=O)NC1CCCCC1. The standard InChI is InChI=1S/C19H24N2OS/c1-21-12-18-15(14-9-5-6-10-17(14)23-18)11-16(21)19(22)20-13-7-3-2-4-8-13/h5-6,9-10,13,16H,2-4,7-8,11-12H2,1H3,(H,20,22)/t16-/m1/s1. The molecular formula is C19H24N2OS. The van der Waals surface area contributed by atoms with Crippen LogP contribution in [0.3, 0.4) is 0 Å². The molecular weight excluding hydrogens is 304 g/mol. The normalized spacial score (nSPS) is 22.9. The first-order valence-corrected chi connectivity index (χ1v) is 9.54. The Labute approximate surface area is 141 Å². The van der Waals surface area contributed by atoms with Crippen LogP contribution in [0.1, 0.15) is 42.5 Å². The number of amides is 1. The topological polar surface area (TPSA) is 32.3 Å². The van der Waals surface area contributed by atoms with Crippen molar-refractivity contribution in [2.24, 2.45) is 0 Å². The maximum absolute atomic E-state index is 12.8. The number of thiophene rings is 1. The van der Waals surface area contributed by atoms with Gasteiger partial charge in [0.05, 0.1) is 6.04 Å². The second-order valence-corrected chi connectivity index (χ2v) is 8.12. The Kier molecular flexibility index (Phi) is 4.12. The summed E-state index contributed by atoms with van der Waals surface area (Å²) in [6.07, 6.45) is 6.97. The Morgan fingerprint density at radius 2 is 2.00 bits per heavy atom. The molecule has 1 N–H and O–H groups in total. The van der Waals surface area contributed by atoms with E-state index in [4.69, 9.17) is 0 Å². The van der Waals surface area contributed by atoms with Crippen molar-refractivity contribution in [1.82, 2.24) is 10.2 Å². The van der Waals surface area contributed by atoms with Crippen molar-refractivity contribution in [2.75, 3.05) is 7.05 Å². The fraction of sp³-hybridized carbons (Fsp3) is 0.526. The molecule has 1 aliphatic heterocycles. The van der Waals surface area contributed by atoms with Crippen molar-refractivity contribution in [1.29, 1.82) is 0 Å². The van der Waals surface area contributed by atoms with E-state index in [0.717, 1.165) is 25.8 Å². The quantitative estimate of drug-likeness (QED) is 0.911. The van der Waals surface area contributed by atoms with E-state index in [1.165, 1.54) is 39.8 Å². The fourth-order valence-electron chi connectivity index (χ4n) is 4.02. The van der Waals surface area contributed by atoms with Crippen LogP contribution in [0.5, 0.6) is 0 Å². The number of rotatable bonds is 2. The summed E-state index contributed by atoms with van der Waals surface area (Å²) in [5.74, 6) is 0.223. The van der Waals surface area contributed by atoms with Gasteiger partial charge < -0.3 is 5.32 Å². The molecule has 1 atom stereocenters. The van der Waals surface area contributed by atoms with E-state index in [9.17, 15) is 4.79 Å². The highest BCUT2D eigenvalue weighted by atomic mass is 32.1. The molecule has 4 heteroatoms. The number of hydrogen-bond donors (Lipinski definition) is 1. The molecule has 2 heterocycles. The van der Waals surface area contributed by atoms with Crippen molar-refractivity contribution in [3.05, 3.63) is 34.7 Å². The first kappa shape index (κ1) is 15.2. The van der Waals surface area contributed by atoms with Crippen molar-refractivity contribution in [2.45, 2.75) is 57.2 Å². The van der Waals surface area contributed by atoms with Gasteiger partial charge in [-0.2, -0.15) is 0 Å². The van der Waals surface area contributed by atoms with Crippen molar-refractivity contribution in [3.63, 3.8) is 0 Å². The van der Waals surface area contributed by atoms with Crippen LogP contribution in [-0.4, -0.2) is 29.9 Å². The zero-order chi connectivity index (χ0) is 15.8. The molecule has 1 amide bonds. The molecule has 3 nitrogen and oxygen atoms in total. The maximum Gasteiger partial charge on any atom is 0.237 e. The fourth-order valence-corrected chi connectivity index (χ4v) is 5.32. The van der Waals surface area contributed by atoms with Crippen LogP contribution in [0.15, 0.2) is 24.3 Å². The first-order valence-electron chi connectivity index (χ1n) is 8.72. The number of fused-ring (bicyclic) bond motifs is 3. The molecule has 1 saturated carbocycles. The highest BCUT2D eigenvalue weighted by Gasteiger charge is 2.32. The Balaban J connectivity index is 1.54. The molecule has 0 spiro atoms. The van der Waals surface area contributed by atoms with E-state index < -0.39 is 0 Å². The van der Waals surface area contributed by atoms with Gasteiger partial charge in [0, 0.05) is 22.2 Å². The lowest BCUT2D eigenvalue weighted by Gasteiger charge is -2.33. The number of likely N-dealkylation sites (N-methyl/N-ethyl adjacent to an activating group) is 1. The van der Waals surface area contributed by atoms with Gasteiger partial charge in [-0.05, 0) is 43.3 Å². The Hall–Kier alpha value is -1.39. The predicted molar refractivity (Wildman–Crippen MR) is 95.8 cm³/mol. The number of nitrogens with zero attached hydrogens (tertiary/aromatic N) is 1. The van der Waals surface area contributed by atoms with E-state index in [2.05, 4.69) is 41.5 Å². The summed E-state index contributed by atoms with van der Waals surface area (Å²) in [5, 5.41) is 4.66. The highest BCUT2D eigenvalue weighted by Crippen LogP contribution is 2.36. The van der Waals surface area contributed by atoms with E-state index in [0.29, 0.717) is 6.04 Å². The second kappa shape index (κ2) is 6.25. The third-order valence-electron chi connectivity index (χ3n) is 5.36. The summed E-state index contributed by atoms with van der Waals surface area (Å²) in [4.78, 5) is 16.4. The minimum absolute atomic E-state index is 0.0255. The lowest BCUT2D eigenvalue weighted by Crippen LogP contribution is -2.51. The van der Waals surface area contributed by atoms with Gasteiger partial charge >= 0.3 is 0 Å². The Bertz CT molecular complexity index is 717. The number of hydrogen-bond acceptors (Lipinski definition) is 3. The molecule has 0 bridgehead atoms. The second-order valence-electron chi connectivity index (χ2n) is 6.98. The Morgan fingerprint density at radius 1 is 1.22 bits per heavy atom. The van der Waals surface area contributed by atoms with Crippen LogP contribution in [0.2, 0.25) is 0 Å². The third-order valence-corrected chi connectivity index (χ3v) is 6.56. The van der Waals surface area contributed by atoms with Gasteiger partial charge in [0.15, 0.2) is 0 Å². The van der Waals surface area contributed by atoms with Crippen LogP contribution in [0.25, 0.3) is 10.1 Å². The molecule has 23 heavy (non-hydrogen) atoms. The summed E-state index contributed by atoms with van der Waals surface area (Å²) < 4.78 is 1.35. The van der Waals surface area contributed by atoms with Gasteiger partial charge in [-0.3, -0.25) is 9.69 Å². The van der Waals surface area contributed by atoms with Crippen LogP contribution in [0, 0.1) is 0 Å². The average Bonchev–Trinajstić information content (AvgIpc) is 2.92. The summed E-state index contributed by atoms with van der Waals surface area (Å²) in [7, 11) is 2.08. The number of nitrogens with one attached hydrogen (secondary N) is 1. The number of carbonyl (C=O) groups excluding carboxylic acids is 1. The minimum Gasteiger partial charge on any atom is -0.352 e. The van der Waals surface area contributed by atoms with Crippen molar-refractivity contribution < 1.29 is 4.79 Å². The van der Waals surface area contributed by atoms with Crippen LogP contribution < -0.4 is 5.32 Å². The van der Waals surface area contributed by atoms with Gasteiger partial charge in [-0.15, -0.1) is 11.3 Å². The van der Waals surface area contributed by atoms with Gasteiger partial charge in [-0.1, -0.05) is 37.5 Å². The van der Waals surface area contributed by atoms with E-state index in [1.54, 1.807) is 0 Å². The monoisotopic (exact) mass is 328 g/mol. The third kappa shape index (κ3) is 2.90. The van der Waals surface area contributed by atoms with Gasteiger partial charge in [0.25, 0.3) is 0 Å². The highest BCUT2D eigenvalue weighted by molar-refractivity contribution is 7.19. The predicted octanol–water partition coefficient (Wildman–Crippen LogP) is 3.71. The van der Waals surface area contributed by atoms with Crippen molar-refractivity contribution >= 4 is 27.3 Å². The number of carbonyl (C=O) groups is 1. The molecule has 1 aromatic carbocycles. The molecule has 0 radical (unpaired) electrons. The molecule has 122 valence electrons. The smallest absolute Gasteiger partial charge is 0.237 e. The van der Waals surface area contributed by atoms with Gasteiger partial charge in [0.1, 0.15) is 0 Å². The molecule has 1 aliphatic carbocycles. The van der Waals surface area contributed by atoms with Crippen LogP contribution in [0.4, 0.5) is 0 Å². The summed E-state index contributed by atoms with van der Waals surface area (Å²) >= 11 is 1.88. The molecule has 2 aliphatic rings. The van der Waals surface area contributed by atoms with Crippen LogP contribution in [-0.2, 0) is 17.8 Å².